The normalized spacial score (nSPS) is 10.4. The van der Waals surface area contributed by atoms with E-state index in [1.54, 1.807) is 19.2 Å². The van der Waals surface area contributed by atoms with Crippen molar-refractivity contribution >= 4 is 40.7 Å². The molecule has 3 rings (SSSR count). The van der Waals surface area contributed by atoms with E-state index >= 15 is 0 Å². The zero-order chi connectivity index (χ0) is 16.2. The first kappa shape index (κ1) is 15.6. The molecule has 0 bridgehead atoms. The van der Waals surface area contributed by atoms with Gasteiger partial charge in [-0.2, -0.15) is 4.98 Å². The third kappa shape index (κ3) is 3.73. The van der Waals surface area contributed by atoms with Gasteiger partial charge in [-0.1, -0.05) is 53.5 Å². The van der Waals surface area contributed by atoms with Crippen molar-refractivity contribution in [1.29, 1.82) is 0 Å². The van der Waals surface area contributed by atoms with Gasteiger partial charge < -0.3 is 10.6 Å². The third-order valence-corrected chi connectivity index (χ3v) is 3.95. The average molecular weight is 345 g/mol. The van der Waals surface area contributed by atoms with Crippen molar-refractivity contribution in [3.8, 4) is 11.3 Å². The molecule has 0 fully saturated rings. The molecule has 0 spiro atoms. The zero-order valence-electron chi connectivity index (χ0n) is 12.3. The quantitative estimate of drug-likeness (QED) is 0.679. The maximum atomic E-state index is 6.05. The van der Waals surface area contributed by atoms with Gasteiger partial charge in [-0.15, -0.1) is 0 Å². The van der Waals surface area contributed by atoms with E-state index in [2.05, 4.69) is 20.6 Å². The predicted molar refractivity (Wildman–Crippen MR) is 96.8 cm³/mol. The Morgan fingerprint density at radius 2 is 1.65 bits per heavy atom. The number of hydrogen-bond acceptors (Lipinski definition) is 4. The largest absolute Gasteiger partial charge is 0.357 e. The van der Waals surface area contributed by atoms with E-state index in [0.29, 0.717) is 21.8 Å². The molecule has 2 aromatic carbocycles. The Morgan fingerprint density at radius 3 is 2.35 bits per heavy atom. The Balaban J connectivity index is 1.97. The van der Waals surface area contributed by atoms with Gasteiger partial charge in [0, 0.05) is 24.4 Å². The summed E-state index contributed by atoms with van der Waals surface area (Å²) in [6.07, 6.45) is 0. The lowest BCUT2D eigenvalue weighted by atomic mass is 10.1. The summed E-state index contributed by atoms with van der Waals surface area (Å²) >= 11 is 12.0. The molecular formula is C17H14Cl2N4. The van der Waals surface area contributed by atoms with E-state index in [4.69, 9.17) is 23.2 Å². The number of anilines is 3. The van der Waals surface area contributed by atoms with Gasteiger partial charge in [0.05, 0.1) is 15.7 Å². The first-order valence-electron chi connectivity index (χ1n) is 7.00. The zero-order valence-corrected chi connectivity index (χ0v) is 13.9. The Morgan fingerprint density at radius 1 is 0.870 bits per heavy atom. The van der Waals surface area contributed by atoms with Crippen LogP contribution >= 0.6 is 23.2 Å². The van der Waals surface area contributed by atoms with Crippen LogP contribution in [0.3, 0.4) is 0 Å². The maximum Gasteiger partial charge on any atom is 0.224 e. The van der Waals surface area contributed by atoms with Crippen LogP contribution in [0.15, 0.2) is 54.6 Å². The molecule has 0 aliphatic heterocycles. The third-order valence-electron chi connectivity index (χ3n) is 3.21. The molecule has 2 N–H and O–H groups in total. The van der Waals surface area contributed by atoms with Crippen molar-refractivity contribution in [2.24, 2.45) is 0 Å². The highest BCUT2D eigenvalue weighted by Gasteiger charge is 2.07. The average Bonchev–Trinajstić information content (AvgIpc) is 2.58. The topological polar surface area (TPSA) is 49.8 Å². The van der Waals surface area contributed by atoms with Crippen LogP contribution in [0.1, 0.15) is 0 Å². The monoisotopic (exact) mass is 344 g/mol. The van der Waals surface area contributed by atoms with Gasteiger partial charge >= 0.3 is 0 Å². The summed E-state index contributed by atoms with van der Waals surface area (Å²) < 4.78 is 0. The van der Waals surface area contributed by atoms with Gasteiger partial charge in [-0.05, 0) is 18.2 Å². The number of hydrogen-bond donors (Lipinski definition) is 2. The summed E-state index contributed by atoms with van der Waals surface area (Å²) in [5.41, 5.74) is 2.65. The fraction of sp³-hybridized carbons (Fsp3) is 0.0588. The molecule has 0 aliphatic carbocycles. The molecule has 1 heterocycles. The minimum atomic E-state index is 0.489. The molecule has 0 unspecified atom stereocenters. The Bertz CT molecular complexity index is 822. The predicted octanol–water partition coefficient (Wildman–Crippen LogP) is 5.24. The Hall–Kier alpha value is -2.30. The van der Waals surface area contributed by atoms with Crippen LogP contribution in [-0.2, 0) is 0 Å². The number of aromatic nitrogens is 2. The fourth-order valence-corrected chi connectivity index (χ4v) is 2.40. The van der Waals surface area contributed by atoms with E-state index in [9.17, 15) is 0 Å². The second kappa shape index (κ2) is 6.86. The highest BCUT2D eigenvalue weighted by atomic mass is 35.5. The Kier molecular flexibility index (Phi) is 4.65. The minimum absolute atomic E-state index is 0.489. The van der Waals surface area contributed by atoms with Crippen LogP contribution in [-0.4, -0.2) is 17.0 Å². The number of halogens is 2. The van der Waals surface area contributed by atoms with E-state index < -0.39 is 0 Å². The van der Waals surface area contributed by atoms with Gasteiger partial charge in [-0.3, -0.25) is 0 Å². The van der Waals surface area contributed by atoms with Gasteiger partial charge in [0.1, 0.15) is 5.82 Å². The van der Waals surface area contributed by atoms with Crippen LogP contribution < -0.4 is 10.6 Å². The molecule has 4 nitrogen and oxygen atoms in total. The Labute approximate surface area is 144 Å². The lowest BCUT2D eigenvalue weighted by molar-refractivity contribution is 1.15. The highest BCUT2D eigenvalue weighted by molar-refractivity contribution is 6.42. The summed E-state index contributed by atoms with van der Waals surface area (Å²) in [5, 5.41) is 7.20. The molecule has 23 heavy (non-hydrogen) atoms. The number of nitrogens with one attached hydrogen (secondary N) is 2. The molecule has 3 aromatic rings. The van der Waals surface area contributed by atoms with E-state index in [1.165, 1.54) is 0 Å². The van der Waals surface area contributed by atoms with Gasteiger partial charge in [0.25, 0.3) is 0 Å². The first-order chi connectivity index (χ1) is 11.2. The molecule has 0 amide bonds. The van der Waals surface area contributed by atoms with Gasteiger partial charge in [0.2, 0.25) is 5.95 Å². The van der Waals surface area contributed by atoms with Crippen molar-refractivity contribution in [3.63, 3.8) is 0 Å². The molecule has 0 aliphatic rings. The number of rotatable bonds is 4. The van der Waals surface area contributed by atoms with Crippen molar-refractivity contribution < 1.29 is 0 Å². The molecular weight excluding hydrogens is 331 g/mol. The van der Waals surface area contributed by atoms with Crippen LogP contribution in [0.4, 0.5) is 17.5 Å². The molecule has 0 saturated carbocycles. The minimum Gasteiger partial charge on any atom is -0.357 e. The molecule has 6 heteroatoms. The fourth-order valence-electron chi connectivity index (χ4n) is 2.10. The van der Waals surface area contributed by atoms with E-state index in [1.807, 2.05) is 42.5 Å². The maximum absolute atomic E-state index is 6.05. The molecule has 116 valence electrons. The van der Waals surface area contributed by atoms with Crippen molar-refractivity contribution in [2.45, 2.75) is 0 Å². The lowest BCUT2D eigenvalue weighted by Crippen LogP contribution is -2.02. The molecule has 1 aromatic heterocycles. The smallest absolute Gasteiger partial charge is 0.224 e. The summed E-state index contributed by atoms with van der Waals surface area (Å²) in [6, 6.07) is 17.2. The van der Waals surface area contributed by atoms with E-state index in [-0.39, 0.29) is 0 Å². The summed E-state index contributed by atoms with van der Waals surface area (Å²) in [5.74, 6) is 1.20. The molecule has 0 saturated heterocycles. The highest BCUT2D eigenvalue weighted by Crippen LogP contribution is 2.28. The second-order valence-electron chi connectivity index (χ2n) is 4.83. The van der Waals surface area contributed by atoms with Gasteiger partial charge in [-0.25, -0.2) is 4.98 Å². The van der Waals surface area contributed by atoms with Crippen LogP contribution in [0.25, 0.3) is 11.3 Å². The van der Waals surface area contributed by atoms with Crippen molar-refractivity contribution in [3.05, 3.63) is 64.6 Å². The lowest BCUT2D eigenvalue weighted by Gasteiger charge is -2.10. The number of benzene rings is 2. The first-order valence-corrected chi connectivity index (χ1v) is 7.75. The van der Waals surface area contributed by atoms with Crippen LogP contribution in [0.5, 0.6) is 0 Å². The standard InChI is InChI=1S/C17H14Cl2N4/c1-20-17-22-15(11-5-3-2-4-6-11)10-16(23-17)21-12-7-8-13(18)14(19)9-12/h2-10H,1H3,(H2,20,21,22,23). The van der Waals surface area contributed by atoms with Crippen LogP contribution in [0.2, 0.25) is 10.0 Å². The van der Waals surface area contributed by atoms with Crippen molar-refractivity contribution in [1.82, 2.24) is 9.97 Å². The summed E-state index contributed by atoms with van der Waals surface area (Å²) in [4.78, 5) is 8.90. The molecule has 0 atom stereocenters. The second-order valence-corrected chi connectivity index (χ2v) is 5.65. The SMILES string of the molecule is CNc1nc(Nc2ccc(Cl)c(Cl)c2)cc(-c2ccccc2)n1. The van der Waals surface area contributed by atoms with E-state index in [0.717, 1.165) is 16.9 Å². The van der Waals surface area contributed by atoms with Crippen LogP contribution in [0, 0.1) is 0 Å². The van der Waals surface area contributed by atoms with Gasteiger partial charge in [0.15, 0.2) is 0 Å². The summed E-state index contributed by atoms with van der Waals surface area (Å²) in [7, 11) is 1.78. The molecule has 0 radical (unpaired) electrons. The summed E-state index contributed by atoms with van der Waals surface area (Å²) in [6.45, 7) is 0. The van der Waals surface area contributed by atoms with Crippen molar-refractivity contribution in [2.75, 3.05) is 17.7 Å². The number of nitrogens with zero attached hydrogens (tertiary/aromatic N) is 2.